The predicted molar refractivity (Wildman–Crippen MR) is 269 cm³/mol. The zero-order valence-corrected chi connectivity index (χ0v) is 35.7. The summed E-state index contributed by atoms with van der Waals surface area (Å²) >= 11 is 1.90. The number of thiophene rings is 1. The highest BCUT2D eigenvalue weighted by molar-refractivity contribution is 7.26. The van der Waals surface area contributed by atoms with Gasteiger partial charge in [0.15, 0.2) is 5.82 Å². The number of nitrogens with zero attached hydrogens (tertiary/aromatic N) is 3. The van der Waals surface area contributed by atoms with E-state index in [1.807, 2.05) is 11.3 Å². The van der Waals surface area contributed by atoms with Crippen LogP contribution in [0.2, 0.25) is 0 Å². The Kier molecular flexibility index (Phi) is 8.53. The highest BCUT2D eigenvalue weighted by Gasteiger charge is 2.26. The van der Waals surface area contributed by atoms with Gasteiger partial charge in [0.05, 0.1) is 22.4 Å². The van der Waals surface area contributed by atoms with Crippen molar-refractivity contribution in [1.82, 2.24) is 14.5 Å². The third-order valence-corrected chi connectivity index (χ3v) is 14.2. The molecule has 0 fully saturated rings. The first-order chi connectivity index (χ1) is 31.7. The molecular weight excluding hydrogens is 795 g/mol. The molecule has 13 rings (SSSR count). The van der Waals surface area contributed by atoms with E-state index in [1.54, 1.807) is 0 Å². The summed E-state index contributed by atoms with van der Waals surface area (Å²) in [5.41, 5.74) is 18.5. The maximum Gasteiger partial charge on any atom is 0.160 e. The molecule has 1 aliphatic rings. The highest BCUT2D eigenvalue weighted by atomic mass is 32.1. The molecule has 0 spiro atoms. The minimum absolute atomic E-state index is 0.723. The summed E-state index contributed by atoms with van der Waals surface area (Å²) in [6, 6.07) is 77.1. The van der Waals surface area contributed by atoms with Crippen LogP contribution in [0.5, 0.6) is 0 Å². The Morgan fingerprint density at radius 1 is 0.375 bits per heavy atom. The maximum atomic E-state index is 5.34. The van der Waals surface area contributed by atoms with Crippen LogP contribution in [0.25, 0.3) is 115 Å². The Balaban J connectivity index is 1.12. The molecule has 0 aliphatic heterocycles. The van der Waals surface area contributed by atoms with Crippen LogP contribution in [0.3, 0.4) is 0 Å². The van der Waals surface area contributed by atoms with Crippen LogP contribution in [0.4, 0.5) is 0 Å². The van der Waals surface area contributed by atoms with Gasteiger partial charge >= 0.3 is 0 Å². The zero-order chi connectivity index (χ0) is 42.1. The van der Waals surface area contributed by atoms with Crippen LogP contribution >= 0.6 is 11.3 Å². The molecule has 0 atom stereocenters. The molecule has 0 saturated carbocycles. The second-order valence-electron chi connectivity index (χ2n) is 16.9. The third kappa shape index (κ3) is 6.10. The van der Waals surface area contributed by atoms with E-state index in [0.29, 0.717) is 0 Å². The molecule has 4 heteroatoms. The molecule has 300 valence electrons. The summed E-state index contributed by atoms with van der Waals surface area (Å²) in [5.74, 6) is 0.723. The summed E-state index contributed by atoms with van der Waals surface area (Å²) in [4.78, 5) is 10.7. The summed E-state index contributed by atoms with van der Waals surface area (Å²) in [5, 5.41) is 5.29. The summed E-state index contributed by atoms with van der Waals surface area (Å²) in [6.45, 7) is 0. The molecule has 9 aromatic carbocycles. The molecule has 0 saturated heterocycles. The van der Waals surface area contributed by atoms with Crippen molar-refractivity contribution in [3.8, 4) is 73.0 Å². The van der Waals surface area contributed by atoms with Crippen LogP contribution in [0.15, 0.2) is 212 Å². The van der Waals surface area contributed by atoms with E-state index in [2.05, 4.69) is 217 Å². The molecule has 3 heterocycles. The topological polar surface area (TPSA) is 30.7 Å². The van der Waals surface area contributed by atoms with Crippen molar-refractivity contribution in [3.05, 3.63) is 223 Å². The molecule has 0 N–H and O–H groups in total. The minimum Gasteiger partial charge on any atom is -0.309 e. The molecule has 0 unspecified atom stereocenters. The van der Waals surface area contributed by atoms with E-state index in [0.717, 1.165) is 52.4 Å². The second-order valence-corrected chi connectivity index (χ2v) is 17.9. The number of hydrogen-bond acceptors (Lipinski definition) is 3. The first kappa shape index (κ1) is 36.7. The van der Waals surface area contributed by atoms with E-state index >= 15 is 0 Å². The first-order valence-corrected chi connectivity index (χ1v) is 22.8. The Bertz CT molecular complexity index is 3640. The van der Waals surface area contributed by atoms with E-state index < -0.39 is 0 Å². The summed E-state index contributed by atoms with van der Waals surface area (Å²) in [7, 11) is 0. The molecule has 0 amide bonds. The van der Waals surface area contributed by atoms with E-state index in [4.69, 9.17) is 9.97 Å². The first-order valence-electron chi connectivity index (χ1n) is 22.0. The molecular formula is C60H39N3S. The van der Waals surface area contributed by atoms with Crippen LogP contribution in [0.1, 0.15) is 11.1 Å². The van der Waals surface area contributed by atoms with Gasteiger partial charge in [0.2, 0.25) is 0 Å². The van der Waals surface area contributed by atoms with Crippen molar-refractivity contribution in [3.63, 3.8) is 0 Å². The van der Waals surface area contributed by atoms with Gasteiger partial charge in [0, 0.05) is 53.3 Å². The SMILES string of the molecule is c1ccc(-c2cc(-c3ccccc3)cc(-n3c4cc(-c5nc(-c6ccccc6)cc(-c6ccccc6)n5)cc5c4c4c(cc(-c6cccc7c6sc6ccccc67)cc43)CC5)c2)cc1. The van der Waals surface area contributed by atoms with Crippen LogP contribution in [0, 0.1) is 0 Å². The number of aryl methyl sites for hydroxylation is 2. The predicted octanol–water partition coefficient (Wildman–Crippen LogP) is 16.0. The Labute approximate surface area is 375 Å². The normalized spacial score (nSPS) is 12.2. The van der Waals surface area contributed by atoms with Crippen LogP contribution in [-0.4, -0.2) is 14.5 Å². The van der Waals surface area contributed by atoms with Gasteiger partial charge in [-0.05, 0) is 106 Å². The standard InChI is InChI=1S/C60H39N3S/c1-5-16-38(17-6-1)44-32-45(39-18-7-2-8-19-39)34-48(33-44)63-54-35-46(49-25-15-26-51-50-24-13-14-27-56(50)64-59(49)51)30-42-28-29-43-31-47(36-55(63)58(43)57(42)54)60-61-52(40-20-9-3-10-21-40)37-53(62-60)41-22-11-4-12-23-41/h1-27,30-37H,28-29H2. The van der Waals surface area contributed by atoms with Gasteiger partial charge < -0.3 is 4.57 Å². The number of fused-ring (bicyclic) bond motifs is 3. The van der Waals surface area contributed by atoms with Crippen molar-refractivity contribution >= 4 is 53.3 Å². The van der Waals surface area contributed by atoms with Crippen molar-refractivity contribution < 1.29 is 0 Å². The molecule has 12 aromatic rings. The summed E-state index contributed by atoms with van der Waals surface area (Å²) < 4.78 is 5.19. The fraction of sp³-hybridized carbons (Fsp3) is 0.0333. The van der Waals surface area contributed by atoms with E-state index in [1.165, 1.54) is 86.5 Å². The molecule has 3 aromatic heterocycles. The molecule has 64 heavy (non-hydrogen) atoms. The van der Waals surface area contributed by atoms with Gasteiger partial charge in [-0.25, -0.2) is 9.97 Å². The van der Waals surface area contributed by atoms with Crippen molar-refractivity contribution in [2.45, 2.75) is 12.8 Å². The summed E-state index contributed by atoms with van der Waals surface area (Å²) in [6.07, 6.45) is 1.87. The molecule has 0 radical (unpaired) electrons. The highest BCUT2D eigenvalue weighted by Crippen LogP contribution is 2.47. The van der Waals surface area contributed by atoms with Gasteiger partial charge in [-0.2, -0.15) is 0 Å². The van der Waals surface area contributed by atoms with Gasteiger partial charge in [-0.15, -0.1) is 11.3 Å². The molecule has 1 aliphatic carbocycles. The van der Waals surface area contributed by atoms with Crippen LogP contribution < -0.4 is 0 Å². The van der Waals surface area contributed by atoms with Gasteiger partial charge in [0.25, 0.3) is 0 Å². The monoisotopic (exact) mass is 833 g/mol. The molecule has 0 bridgehead atoms. The Morgan fingerprint density at radius 3 is 1.47 bits per heavy atom. The minimum atomic E-state index is 0.723. The number of rotatable bonds is 7. The lowest BCUT2D eigenvalue weighted by Gasteiger charge is -2.16. The molecule has 3 nitrogen and oxygen atoms in total. The smallest absolute Gasteiger partial charge is 0.160 e. The second kappa shape index (κ2) is 14.9. The Morgan fingerprint density at radius 2 is 0.875 bits per heavy atom. The number of aromatic nitrogens is 3. The van der Waals surface area contributed by atoms with Gasteiger partial charge in [0.1, 0.15) is 0 Å². The van der Waals surface area contributed by atoms with E-state index in [-0.39, 0.29) is 0 Å². The maximum absolute atomic E-state index is 5.34. The average Bonchev–Trinajstić information content (AvgIpc) is 3.93. The number of benzene rings is 9. The lowest BCUT2D eigenvalue weighted by molar-refractivity contribution is 0.969. The van der Waals surface area contributed by atoms with Crippen molar-refractivity contribution in [1.29, 1.82) is 0 Å². The van der Waals surface area contributed by atoms with Crippen LogP contribution in [-0.2, 0) is 12.8 Å². The fourth-order valence-electron chi connectivity index (χ4n) is 10.1. The largest absolute Gasteiger partial charge is 0.309 e. The quantitative estimate of drug-likeness (QED) is 0.160. The Hall–Kier alpha value is -7.92. The lowest BCUT2D eigenvalue weighted by atomic mass is 9.88. The van der Waals surface area contributed by atoms with Gasteiger partial charge in [-0.3, -0.25) is 0 Å². The van der Waals surface area contributed by atoms with Gasteiger partial charge in [-0.1, -0.05) is 164 Å². The fourth-order valence-corrected chi connectivity index (χ4v) is 11.3. The zero-order valence-electron chi connectivity index (χ0n) is 34.9. The average molecular weight is 834 g/mol. The van der Waals surface area contributed by atoms with E-state index in [9.17, 15) is 0 Å². The van der Waals surface area contributed by atoms with Crippen molar-refractivity contribution in [2.24, 2.45) is 0 Å². The number of hydrogen-bond donors (Lipinski definition) is 0. The van der Waals surface area contributed by atoms with Crippen molar-refractivity contribution in [2.75, 3.05) is 0 Å². The third-order valence-electron chi connectivity index (χ3n) is 13.0. The lowest BCUT2D eigenvalue weighted by Crippen LogP contribution is -2.01.